The Morgan fingerprint density at radius 3 is 2.82 bits per heavy atom. The minimum absolute atomic E-state index is 0.0474. The van der Waals surface area contributed by atoms with Crippen molar-refractivity contribution in [1.82, 2.24) is 4.98 Å². The van der Waals surface area contributed by atoms with Crippen LogP contribution >= 0.6 is 11.3 Å². The average Bonchev–Trinajstić information content (AvgIpc) is 2.83. The number of nitrogens with zero attached hydrogens (tertiary/aromatic N) is 1. The minimum atomic E-state index is -0.588. The van der Waals surface area contributed by atoms with Crippen molar-refractivity contribution in [2.24, 2.45) is 5.92 Å². The van der Waals surface area contributed by atoms with E-state index in [2.05, 4.69) is 10.3 Å². The van der Waals surface area contributed by atoms with E-state index >= 15 is 0 Å². The number of Topliss-reactive ketones (excluding diaryl/α,β-unsaturated/α-hetero) is 1. The Bertz CT molecular complexity index is 736. The number of benzene rings is 1. The highest BCUT2D eigenvalue weighted by molar-refractivity contribution is 7.11. The molecule has 1 aliphatic carbocycles. The van der Waals surface area contributed by atoms with Crippen molar-refractivity contribution in [3.8, 4) is 10.9 Å². The Kier molecular flexibility index (Phi) is 3.89. The molecular formula is C15H13FN2O3S. The maximum absolute atomic E-state index is 14.0. The first-order chi connectivity index (χ1) is 10.5. The van der Waals surface area contributed by atoms with Gasteiger partial charge in [-0.15, -0.1) is 0 Å². The Labute approximate surface area is 130 Å². The third-order valence-electron chi connectivity index (χ3n) is 3.31. The Morgan fingerprint density at radius 1 is 1.45 bits per heavy atom. The van der Waals surface area contributed by atoms with Gasteiger partial charge in [-0.05, 0) is 19.1 Å². The van der Waals surface area contributed by atoms with E-state index in [0.29, 0.717) is 10.9 Å². The van der Waals surface area contributed by atoms with Crippen molar-refractivity contribution in [2.75, 3.05) is 5.32 Å². The monoisotopic (exact) mass is 320 g/mol. The molecule has 1 fully saturated rings. The Hall–Kier alpha value is -2.28. The molecule has 0 spiro atoms. The van der Waals surface area contributed by atoms with E-state index in [1.807, 2.05) is 12.3 Å². The normalized spacial score (nSPS) is 14.5. The lowest BCUT2D eigenvalue weighted by atomic mass is 9.83. The van der Waals surface area contributed by atoms with Gasteiger partial charge >= 0.3 is 0 Å². The van der Waals surface area contributed by atoms with Gasteiger partial charge in [0, 0.05) is 30.0 Å². The van der Waals surface area contributed by atoms with E-state index in [-0.39, 0.29) is 36.2 Å². The number of aryl methyl sites for hydroxylation is 1. The number of carbonyl (C=O) groups is 2. The summed E-state index contributed by atoms with van der Waals surface area (Å²) in [6.45, 7) is 1.82. The summed E-state index contributed by atoms with van der Waals surface area (Å²) in [7, 11) is 0. The molecule has 2 aromatic rings. The SMILES string of the molecule is Cc1csc(Oc2ccc(NC(=O)C3CC(=O)C3)cc2F)n1. The van der Waals surface area contributed by atoms with Crippen LogP contribution < -0.4 is 10.1 Å². The Balaban J connectivity index is 1.66. The number of hydrogen-bond acceptors (Lipinski definition) is 5. The van der Waals surface area contributed by atoms with E-state index in [9.17, 15) is 14.0 Å². The molecule has 0 aliphatic heterocycles. The van der Waals surface area contributed by atoms with Crippen LogP contribution in [0.3, 0.4) is 0 Å². The van der Waals surface area contributed by atoms with Gasteiger partial charge < -0.3 is 10.1 Å². The number of rotatable bonds is 4. The van der Waals surface area contributed by atoms with Crippen molar-refractivity contribution in [3.05, 3.63) is 35.1 Å². The van der Waals surface area contributed by atoms with Crippen LogP contribution in [-0.4, -0.2) is 16.7 Å². The van der Waals surface area contributed by atoms with E-state index in [1.165, 1.54) is 23.5 Å². The molecule has 1 saturated carbocycles. The zero-order valence-corrected chi connectivity index (χ0v) is 12.6. The van der Waals surface area contributed by atoms with Crippen molar-refractivity contribution in [1.29, 1.82) is 0 Å². The summed E-state index contributed by atoms with van der Waals surface area (Å²) < 4.78 is 19.4. The summed E-state index contributed by atoms with van der Waals surface area (Å²) >= 11 is 1.28. The second kappa shape index (κ2) is 5.84. The van der Waals surface area contributed by atoms with E-state index < -0.39 is 5.82 Å². The van der Waals surface area contributed by atoms with Crippen LogP contribution in [0.1, 0.15) is 18.5 Å². The number of ketones is 1. The number of anilines is 1. The van der Waals surface area contributed by atoms with Gasteiger partial charge in [0.25, 0.3) is 5.19 Å². The van der Waals surface area contributed by atoms with Gasteiger partial charge in [-0.3, -0.25) is 9.59 Å². The van der Waals surface area contributed by atoms with E-state index in [0.717, 1.165) is 5.69 Å². The van der Waals surface area contributed by atoms with Crippen molar-refractivity contribution in [3.63, 3.8) is 0 Å². The van der Waals surface area contributed by atoms with Gasteiger partial charge in [0.05, 0.1) is 11.6 Å². The van der Waals surface area contributed by atoms with Crippen molar-refractivity contribution < 1.29 is 18.7 Å². The first kappa shape index (κ1) is 14.6. The number of ether oxygens (including phenoxy) is 1. The lowest BCUT2D eigenvalue weighted by molar-refractivity contribution is -0.135. The zero-order valence-electron chi connectivity index (χ0n) is 11.8. The molecule has 1 aromatic heterocycles. The largest absolute Gasteiger partial charge is 0.428 e. The molecule has 3 rings (SSSR count). The fourth-order valence-electron chi connectivity index (χ4n) is 2.05. The predicted molar refractivity (Wildman–Crippen MR) is 79.7 cm³/mol. The first-order valence-corrected chi connectivity index (χ1v) is 7.61. The standard InChI is InChI=1S/C15H13FN2O3S/c1-8-7-22-15(17-8)21-13-3-2-10(6-12(13)16)18-14(20)9-4-11(19)5-9/h2-3,6-7,9H,4-5H2,1H3,(H,18,20). The predicted octanol–water partition coefficient (Wildman–Crippen LogP) is 3.30. The highest BCUT2D eigenvalue weighted by atomic mass is 32.1. The summed E-state index contributed by atoms with van der Waals surface area (Å²) in [6, 6.07) is 4.18. The molecule has 7 heteroatoms. The number of halogens is 1. The molecule has 0 unspecified atom stereocenters. The molecule has 5 nitrogen and oxygen atoms in total. The molecular weight excluding hydrogens is 307 g/mol. The number of carbonyl (C=O) groups excluding carboxylic acids is 2. The molecule has 0 bridgehead atoms. The van der Waals surface area contributed by atoms with Crippen LogP contribution in [-0.2, 0) is 9.59 Å². The van der Waals surface area contributed by atoms with Crippen LogP contribution in [0.15, 0.2) is 23.6 Å². The summed E-state index contributed by atoms with van der Waals surface area (Å²) in [5, 5.41) is 4.77. The summed E-state index contributed by atoms with van der Waals surface area (Å²) in [5.41, 5.74) is 1.14. The zero-order chi connectivity index (χ0) is 15.7. The van der Waals surface area contributed by atoms with Gasteiger partial charge in [-0.2, -0.15) is 0 Å². The number of amides is 1. The molecule has 1 heterocycles. The highest BCUT2D eigenvalue weighted by Gasteiger charge is 2.32. The second-order valence-electron chi connectivity index (χ2n) is 5.14. The van der Waals surface area contributed by atoms with Crippen LogP contribution in [0.5, 0.6) is 10.9 Å². The molecule has 0 saturated heterocycles. The third-order valence-corrected chi connectivity index (χ3v) is 4.15. The quantitative estimate of drug-likeness (QED) is 0.938. The third kappa shape index (κ3) is 3.14. The van der Waals surface area contributed by atoms with E-state index in [4.69, 9.17) is 4.74 Å². The number of aromatic nitrogens is 1. The van der Waals surface area contributed by atoms with Crippen LogP contribution in [0.4, 0.5) is 10.1 Å². The van der Waals surface area contributed by atoms with Crippen molar-refractivity contribution in [2.45, 2.75) is 19.8 Å². The fourth-order valence-corrected chi connectivity index (χ4v) is 2.71. The first-order valence-electron chi connectivity index (χ1n) is 6.73. The topological polar surface area (TPSA) is 68.3 Å². The lowest BCUT2D eigenvalue weighted by Gasteiger charge is -2.22. The van der Waals surface area contributed by atoms with Gasteiger partial charge in [0.2, 0.25) is 5.91 Å². The fraction of sp³-hybridized carbons (Fsp3) is 0.267. The average molecular weight is 320 g/mol. The van der Waals surface area contributed by atoms with Gasteiger partial charge in [0.15, 0.2) is 11.6 Å². The molecule has 114 valence electrons. The van der Waals surface area contributed by atoms with Gasteiger partial charge in [-0.1, -0.05) is 11.3 Å². The maximum atomic E-state index is 14.0. The number of nitrogens with one attached hydrogen (secondary N) is 1. The molecule has 1 aromatic carbocycles. The lowest BCUT2D eigenvalue weighted by Crippen LogP contribution is -2.34. The highest BCUT2D eigenvalue weighted by Crippen LogP contribution is 2.30. The summed E-state index contributed by atoms with van der Waals surface area (Å²) in [4.78, 5) is 26.8. The molecule has 0 radical (unpaired) electrons. The number of hydrogen-bond donors (Lipinski definition) is 1. The maximum Gasteiger partial charge on any atom is 0.278 e. The molecule has 1 amide bonds. The molecule has 22 heavy (non-hydrogen) atoms. The number of thiazole rings is 1. The summed E-state index contributed by atoms with van der Waals surface area (Å²) in [5.74, 6) is -1.02. The van der Waals surface area contributed by atoms with Crippen LogP contribution in [0, 0.1) is 18.7 Å². The van der Waals surface area contributed by atoms with Crippen molar-refractivity contribution >= 4 is 28.7 Å². The summed E-state index contributed by atoms with van der Waals surface area (Å²) in [6.07, 6.45) is 0.526. The Morgan fingerprint density at radius 2 is 2.23 bits per heavy atom. The van der Waals surface area contributed by atoms with Gasteiger partial charge in [-0.25, -0.2) is 9.37 Å². The molecule has 1 N–H and O–H groups in total. The van der Waals surface area contributed by atoms with Crippen LogP contribution in [0.2, 0.25) is 0 Å². The second-order valence-corrected chi connectivity index (χ2v) is 5.96. The van der Waals surface area contributed by atoms with Crippen LogP contribution in [0.25, 0.3) is 0 Å². The van der Waals surface area contributed by atoms with E-state index in [1.54, 1.807) is 6.07 Å². The molecule has 0 atom stereocenters. The minimum Gasteiger partial charge on any atom is -0.428 e. The smallest absolute Gasteiger partial charge is 0.278 e. The van der Waals surface area contributed by atoms with Gasteiger partial charge in [0.1, 0.15) is 5.78 Å². The molecule has 1 aliphatic rings.